The molecule has 1 unspecified atom stereocenters. The zero-order valence-corrected chi connectivity index (χ0v) is 11.2. The van der Waals surface area contributed by atoms with Gasteiger partial charge in [-0.2, -0.15) is 0 Å². The van der Waals surface area contributed by atoms with Crippen LogP contribution in [0.2, 0.25) is 0 Å². The number of hydrogen-bond acceptors (Lipinski definition) is 4. The Morgan fingerprint density at radius 2 is 2.00 bits per heavy atom. The number of benzene rings is 1. The molecule has 1 amide bonds. The number of nitrogens with zero attached hydrogens (tertiary/aromatic N) is 1. The van der Waals surface area contributed by atoms with E-state index < -0.39 is 39.2 Å². The standard InChI is InChI=1S/C11H13F2N3O3S/c12-7-1-2-8(14)11(10(7)13)16-4-6(3-9(16)17)5-20(15,18)19/h1-2,6H,3-5,14H2,(H2,15,18,19). The van der Waals surface area contributed by atoms with Gasteiger partial charge in [0, 0.05) is 18.9 Å². The Balaban J connectivity index is 2.31. The summed E-state index contributed by atoms with van der Waals surface area (Å²) in [7, 11) is -3.74. The quantitative estimate of drug-likeness (QED) is 0.777. The van der Waals surface area contributed by atoms with E-state index in [0.29, 0.717) is 0 Å². The molecule has 6 nitrogen and oxygen atoms in total. The van der Waals surface area contributed by atoms with E-state index in [2.05, 4.69) is 0 Å². The van der Waals surface area contributed by atoms with Crippen LogP contribution in [-0.2, 0) is 14.8 Å². The lowest BCUT2D eigenvalue weighted by atomic mass is 10.1. The molecule has 0 saturated carbocycles. The van der Waals surface area contributed by atoms with Crippen molar-refractivity contribution in [1.82, 2.24) is 0 Å². The summed E-state index contributed by atoms with van der Waals surface area (Å²) in [4.78, 5) is 12.8. The highest BCUT2D eigenvalue weighted by Crippen LogP contribution is 2.33. The van der Waals surface area contributed by atoms with Gasteiger partial charge >= 0.3 is 0 Å². The number of nitrogens with two attached hydrogens (primary N) is 2. The second kappa shape index (κ2) is 4.98. The molecular formula is C11H13F2N3O3S. The van der Waals surface area contributed by atoms with Crippen LogP contribution in [0.3, 0.4) is 0 Å². The first-order chi connectivity index (χ1) is 9.19. The van der Waals surface area contributed by atoms with E-state index in [0.717, 1.165) is 17.0 Å². The summed E-state index contributed by atoms with van der Waals surface area (Å²) in [6.45, 7) is -0.0696. The molecule has 1 aromatic carbocycles. The highest BCUT2D eigenvalue weighted by Gasteiger charge is 2.35. The van der Waals surface area contributed by atoms with Crippen LogP contribution in [-0.4, -0.2) is 26.6 Å². The smallest absolute Gasteiger partial charge is 0.227 e. The van der Waals surface area contributed by atoms with Crippen LogP contribution in [0.25, 0.3) is 0 Å². The lowest BCUT2D eigenvalue weighted by molar-refractivity contribution is -0.117. The van der Waals surface area contributed by atoms with Crippen LogP contribution in [0, 0.1) is 17.6 Å². The maximum atomic E-state index is 13.8. The molecule has 1 saturated heterocycles. The van der Waals surface area contributed by atoms with Crippen LogP contribution in [0.5, 0.6) is 0 Å². The minimum atomic E-state index is -3.74. The fourth-order valence-corrected chi connectivity index (χ4v) is 3.15. The largest absolute Gasteiger partial charge is 0.397 e. The molecule has 0 aromatic heterocycles. The molecule has 20 heavy (non-hydrogen) atoms. The second-order valence-electron chi connectivity index (χ2n) is 4.70. The van der Waals surface area contributed by atoms with E-state index in [-0.39, 0.29) is 24.3 Å². The summed E-state index contributed by atoms with van der Waals surface area (Å²) in [5, 5.41) is 4.91. The molecular weight excluding hydrogens is 292 g/mol. The summed E-state index contributed by atoms with van der Waals surface area (Å²) in [5.74, 6) is -3.84. The number of carbonyl (C=O) groups excluding carboxylic acids is 1. The lowest BCUT2D eigenvalue weighted by Gasteiger charge is -2.19. The molecule has 4 N–H and O–H groups in total. The van der Waals surface area contributed by atoms with Gasteiger partial charge in [-0.1, -0.05) is 0 Å². The summed E-state index contributed by atoms with van der Waals surface area (Å²) >= 11 is 0. The minimum absolute atomic E-state index is 0.0696. The topological polar surface area (TPSA) is 106 Å². The van der Waals surface area contributed by atoms with Crippen LogP contribution < -0.4 is 15.8 Å². The van der Waals surface area contributed by atoms with Gasteiger partial charge in [-0.15, -0.1) is 0 Å². The first kappa shape index (κ1) is 14.7. The van der Waals surface area contributed by atoms with E-state index in [1.54, 1.807) is 0 Å². The van der Waals surface area contributed by atoms with Crippen molar-refractivity contribution in [3.05, 3.63) is 23.8 Å². The SMILES string of the molecule is Nc1ccc(F)c(F)c1N1CC(CS(N)(=O)=O)CC1=O. The predicted molar refractivity (Wildman–Crippen MR) is 69.2 cm³/mol. The van der Waals surface area contributed by atoms with E-state index >= 15 is 0 Å². The van der Waals surface area contributed by atoms with Crippen LogP contribution in [0.15, 0.2) is 12.1 Å². The van der Waals surface area contributed by atoms with Gasteiger partial charge in [-0.05, 0) is 12.1 Å². The van der Waals surface area contributed by atoms with Crippen molar-refractivity contribution >= 4 is 27.3 Å². The number of amides is 1. The zero-order chi connectivity index (χ0) is 15.1. The molecule has 0 spiro atoms. The van der Waals surface area contributed by atoms with Gasteiger partial charge in [0.2, 0.25) is 15.9 Å². The minimum Gasteiger partial charge on any atom is -0.397 e. The third-order valence-corrected chi connectivity index (χ3v) is 3.98. The molecule has 1 aliphatic rings. The molecule has 1 aliphatic heterocycles. The Hall–Kier alpha value is -1.74. The van der Waals surface area contributed by atoms with Crippen molar-refractivity contribution in [3.8, 4) is 0 Å². The molecule has 0 aliphatic carbocycles. The van der Waals surface area contributed by atoms with Gasteiger partial charge in [-0.25, -0.2) is 22.3 Å². The van der Waals surface area contributed by atoms with E-state index in [1.165, 1.54) is 0 Å². The molecule has 0 bridgehead atoms. The van der Waals surface area contributed by atoms with Crippen molar-refractivity contribution in [2.45, 2.75) is 6.42 Å². The van der Waals surface area contributed by atoms with Crippen molar-refractivity contribution in [3.63, 3.8) is 0 Å². The van der Waals surface area contributed by atoms with E-state index in [1.807, 2.05) is 0 Å². The van der Waals surface area contributed by atoms with Gasteiger partial charge in [0.05, 0.1) is 11.4 Å². The molecule has 110 valence electrons. The third-order valence-electron chi connectivity index (χ3n) is 3.04. The van der Waals surface area contributed by atoms with Crippen molar-refractivity contribution in [2.24, 2.45) is 11.1 Å². The molecule has 1 heterocycles. The molecule has 1 atom stereocenters. The predicted octanol–water partition coefficient (Wildman–Crippen LogP) is 0.188. The number of nitrogen functional groups attached to an aromatic ring is 1. The Bertz CT molecular complexity index is 663. The molecule has 9 heteroatoms. The van der Waals surface area contributed by atoms with Gasteiger partial charge in [-0.3, -0.25) is 4.79 Å². The van der Waals surface area contributed by atoms with Gasteiger partial charge in [0.25, 0.3) is 0 Å². The Morgan fingerprint density at radius 3 is 2.60 bits per heavy atom. The maximum absolute atomic E-state index is 13.8. The maximum Gasteiger partial charge on any atom is 0.227 e. The molecule has 2 rings (SSSR count). The first-order valence-electron chi connectivity index (χ1n) is 5.73. The Morgan fingerprint density at radius 1 is 1.35 bits per heavy atom. The Kier molecular flexibility index (Phi) is 3.65. The highest BCUT2D eigenvalue weighted by molar-refractivity contribution is 7.89. The fourth-order valence-electron chi connectivity index (χ4n) is 2.27. The van der Waals surface area contributed by atoms with Crippen molar-refractivity contribution in [1.29, 1.82) is 0 Å². The van der Waals surface area contributed by atoms with Crippen LogP contribution in [0.4, 0.5) is 20.2 Å². The van der Waals surface area contributed by atoms with Crippen LogP contribution >= 0.6 is 0 Å². The Labute approximate surface area is 114 Å². The second-order valence-corrected chi connectivity index (χ2v) is 6.36. The molecule has 1 fully saturated rings. The van der Waals surface area contributed by atoms with E-state index in [4.69, 9.17) is 10.9 Å². The monoisotopic (exact) mass is 305 g/mol. The number of carbonyl (C=O) groups is 1. The number of anilines is 2. The number of rotatable bonds is 3. The molecule has 1 aromatic rings. The van der Waals surface area contributed by atoms with Gasteiger partial charge in [0.15, 0.2) is 11.6 Å². The third kappa shape index (κ3) is 2.88. The highest BCUT2D eigenvalue weighted by atomic mass is 32.2. The number of hydrogen-bond donors (Lipinski definition) is 2. The zero-order valence-electron chi connectivity index (χ0n) is 10.3. The fraction of sp³-hybridized carbons (Fsp3) is 0.364. The molecule has 0 radical (unpaired) electrons. The van der Waals surface area contributed by atoms with Gasteiger partial charge in [0.1, 0.15) is 5.69 Å². The summed E-state index contributed by atoms with van der Waals surface area (Å²) in [6, 6.07) is 2.00. The lowest BCUT2D eigenvalue weighted by Crippen LogP contribution is -2.29. The van der Waals surface area contributed by atoms with Crippen molar-refractivity contribution < 1.29 is 22.0 Å². The van der Waals surface area contributed by atoms with Gasteiger partial charge < -0.3 is 10.6 Å². The number of sulfonamides is 1. The van der Waals surface area contributed by atoms with Crippen LogP contribution in [0.1, 0.15) is 6.42 Å². The average molecular weight is 305 g/mol. The summed E-state index contributed by atoms with van der Waals surface area (Å²) in [6.07, 6.45) is -0.105. The first-order valence-corrected chi connectivity index (χ1v) is 7.45. The number of halogens is 2. The van der Waals surface area contributed by atoms with Crippen molar-refractivity contribution in [2.75, 3.05) is 22.9 Å². The van der Waals surface area contributed by atoms with E-state index in [9.17, 15) is 22.0 Å². The summed E-state index contributed by atoms with van der Waals surface area (Å²) in [5.41, 5.74) is 5.12. The average Bonchev–Trinajstić information content (AvgIpc) is 2.63. The summed E-state index contributed by atoms with van der Waals surface area (Å²) < 4.78 is 49.0. The normalized spacial score (nSPS) is 19.6. The number of primary sulfonamides is 1.